The third-order valence-electron chi connectivity index (χ3n) is 2.40. The van der Waals surface area contributed by atoms with E-state index in [9.17, 15) is 8.42 Å². The number of thiazole rings is 1. The van der Waals surface area contributed by atoms with Gasteiger partial charge in [-0.05, 0) is 24.6 Å². The molecule has 1 heterocycles. The molecule has 0 aliphatic heterocycles. The highest BCUT2D eigenvalue weighted by atomic mass is 35.5. The van der Waals surface area contributed by atoms with Crippen LogP contribution in [0.15, 0.2) is 23.2 Å². The molecule has 2 N–H and O–H groups in total. The van der Waals surface area contributed by atoms with E-state index in [2.05, 4.69) is 9.71 Å². The number of anilines is 1. The quantitative estimate of drug-likeness (QED) is 0.886. The maximum atomic E-state index is 12.3. The second kappa shape index (κ2) is 5.87. The first kappa shape index (κ1) is 15.5. The molecule has 1 aromatic carbocycles. The van der Waals surface area contributed by atoms with Crippen molar-refractivity contribution in [3.05, 3.63) is 38.8 Å². The zero-order chi connectivity index (χ0) is 14.9. The molecule has 0 atom stereocenters. The van der Waals surface area contributed by atoms with Crippen LogP contribution in [0.1, 0.15) is 10.4 Å². The second-order valence-corrected chi connectivity index (χ2v) is 7.61. The van der Waals surface area contributed by atoms with Gasteiger partial charge in [0, 0.05) is 16.1 Å². The van der Waals surface area contributed by atoms with E-state index in [1.165, 1.54) is 23.5 Å². The molecule has 5 nitrogen and oxygen atoms in total. The average molecular weight is 353 g/mol. The van der Waals surface area contributed by atoms with Gasteiger partial charge in [0.2, 0.25) is 0 Å². The fourth-order valence-corrected chi connectivity index (χ4v) is 4.23. The van der Waals surface area contributed by atoms with Crippen molar-refractivity contribution in [3.8, 4) is 0 Å². The largest absolute Gasteiger partial charge is 0.392 e. The molecule has 0 fully saturated rings. The summed E-state index contributed by atoms with van der Waals surface area (Å²) < 4.78 is 26.9. The van der Waals surface area contributed by atoms with Crippen molar-refractivity contribution < 1.29 is 13.5 Å². The number of hydrogen-bond donors (Lipinski definition) is 2. The Hall–Kier alpha value is -0.860. The standard InChI is InChI=1S/C11H10Cl2N2O3S2/c1-6-4-14-11(19-6)15-20(17,18)10-2-7(5-16)8(12)3-9(10)13/h2-4,16H,5H2,1H3,(H,14,15). The molecule has 0 spiro atoms. The van der Waals surface area contributed by atoms with E-state index in [-0.39, 0.29) is 32.2 Å². The fourth-order valence-electron chi connectivity index (χ4n) is 1.47. The molecular formula is C11H10Cl2N2O3S2. The molecule has 0 radical (unpaired) electrons. The molecular weight excluding hydrogens is 343 g/mol. The molecule has 1 aromatic heterocycles. The number of hydrogen-bond acceptors (Lipinski definition) is 5. The van der Waals surface area contributed by atoms with Crippen LogP contribution in [0.2, 0.25) is 10.0 Å². The van der Waals surface area contributed by atoms with Gasteiger partial charge in [-0.2, -0.15) is 0 Å². The van der Waals surface area contributed by atoms with E-state index in [4.69, 9.17) is 28.3 Å². The molecule has 0 aliphatic rings. The number of halogens is 2. The van der Waals surface area contributed by atoms with Gasteiger partial charge >= 0.3 is 0 Å². The summed E-state index contributed by atoms with van der Waals surface area (Å²) in [6.07, 6.45) is 1.56. The van der Waals surface area contributed by atoms with E-state index >= 15 is 0 Å². The highest BCUT2D eigenvalue weighted by Gasteiger charge is 2.21. The van der Waals surface area contributed by atoms with Crippen LogP contribution in [0.4, 0.5) is 5.13 Å². The number of aliphatic hydroxyl groups excluding tert-OH is 1. The van der Waals surface area contributed by atoms with Crippen LogP contribution in [-0.4, -0.2) is 18.5 Å². The SMILES string of the molecule is Cc1cnc(NS(=O)(=O)c2cc(CO)c(Cl)cc2Cl)s1. The third kappa shape index (κ3) is 3.24. The zero-order valence-corrected chi connectivity index (χ0v) is 13.4. The van der Waals surface area contributed by atoms with Crippen molar-refractivity contribution in [2.75, 3.05) is 4.72 Å². The van der Waals surface area contributed by atoms with E-state index in [0.717, 1.165) is 4.88 Å². The second-order valence-electron chi connectivity index (χ2n) is 3.91. The number of aryl methyl sites for hydroxylation is 1. The van der Waals surface area contributed by atoms with Gasteiger partial charge in [0.05, 0.1) is 11.6 Å². The van der Waals surface area contributed by atoms with Crippen molar-refractivity contribution in [2.24, 2.45) is 0 Å². The Balaban J connectivity index is 2.43. The lowest BCUT2D eigenvalue weighted by molar-refractivity contribution is 0.281. The number of sulfonamides is 1. The van der Waals surface area contributed by atoms with Gasteiger partial charge in [0.25, 0.3) is 10.0 Å². The number of nitrogens with one attached hydrogen (secondary N) is 1. The van der Waals surface area contributed by atoms with E-state index in [0.29, 0.717) is 0 Å². The van der Waals surface area contributed by atoms with Gasteiger partial charge in [-0.15, -0.1) is 11.3 Å². The molecule has 0 saturated heterocycles. The summed E-state index contributed by atoms with van der Waals surface area (Å²) in [4.78, 5) is 4.65. The minimum Gasteiger partial charge on any atom is -0.392 e. The van der Waals surface area contributed by atoms with Gasteiger partial charge < -0.3 is 5.11 Å². The van der Waals surface area contributed by atoms with E-state index < -0.39 is 10.0 Å². The van der Waals surface area contributed by atoms with Crippen molar-refractivity contribution in [1.29, 1.82) is 0 Å². The topological polar surface area (TPSA) is 79.3 Å². The Bertz CT molecular complexity index is 744. The van der Waals surface area contributed by atoms with Crippen LogP contribution in [0.3, 0.4) is 0 Å². The molecule has 0 amide bonds. The van der Waals surface area contributed by atoms with Gasteiger partial charge in [0.15, 0.2) is 5.13 Å². The van der Waals surface area contributed by atoms with Crippen LogP contribution in [0, 0.1) is 6.92 Å². The van der Waals surface area contributed by atoms with Crippen LogP contribution in [-0.2, 0) is 16.6 Å². The number of aromatic nitrogens is 1. The predicted octanol–water partition coefficient (Wildman–Crippen LogP) is 3.05. The lowest BCUT2D eigenvalue weighted by atomic mass is 10.2. The number of benzene rings is 1. The smallest absolute Gasteiger partial charge is 0.265 e. The maximum absolute atomic E-state index is 12.3. The van der Waals surface area contributed by atoms with E-state index in [1.54, 1.807) is 6.20 Å². The minimum absolute atomic E-state index is 0.0204. The molecule has 2 aromatic rings. The number of aliphatic hydroxyl groups is 1. The lowest BCUT2D eigenvalue weighted by Gasteiger charge is -2.10. The summed E-state index contributed by atoms with van der Waals surface area (Å²) in [5, 5.41) is 9.58. The lowest BCUT2D eigenvalue weighted by Crippen LogP contribution is -2.13. The minimum atomic E-state index is -3.88. The Morgan fingerprint density at radius 3 is 2.60 bits per heavy atom. The monoisotopic (exact) mass is 352 g/mol. The average Bonchev–Trinajstić information content (AvgIpc) is 2.73. The Kier molecular flexibility index (Phi) is 4.55. The first-order valence-electron chi connectivity index (χ1n) is 5.37. The highest BCUT2D eigenvalue weighted by Crippen LogP contribution is 2.30. The highest BCUT2D eigenvalue weighted by molar-refractivity contribution is 7.93. The summed E-state index contributed by atoms with van der Waals surface area (Å²) in [5.41, 5.74) is 0.284. The molecule has 0 unspecified atom stereocenters. The number of nitrogens with zero attached hydrogens (tertiary/aromatic N) is 1. The van der Waals surface area contributed by atoms with Gasteiger partial charge in [-0.25, -0.2) is 13.4 Å². The summed E-state index contributed by atoms with van der Waals surface area (Å²) >= 11 is 13.0. The predicted molar refractivity (Wildman–Crippen MR) is 80.0 cm³/mol. The fraction of sp³-hybridized carbons (Fsp3) is 0.182. The van der Waals surface area contributed by atoms with Gasteiger partial charge in [0.1, 0.15) is 4.90 Å². The molecule has 108 valence electrons. The van der Waals surface area contributed by atoms with Crippen molar-refractivity contribution in [3.63, 3.8) is 0 Å². The zero-order valence-electron chi connectivity index (χ0n) is 10.2. The molecule has 9 heteroatoms. The molecule has 0 aliphatic carbocycles. The van der Waals surface area contributed by atoms with Crippen LogP contribution >= 0.6 is 34.5 Å². The van der Waals surface area contributed by atoms with Crippen LogP contribution < -0.4 is 4.72 Å². The van der Waals surface area contributed by atoms with Gasteiger partial charge in [-0.3, -0.25) is 4.72 Å². The first-order valence-corrected chi connectivity index (χ1v) is 8.43. The Morgan fingerprint density at radius 2 is 2.05 bits per heavy atom. The van der Waals surface area contributed by atoms with Crippen LogP contribution in [0.5, 0.6) is 0 Å². The third-order valence-corrected chi connectivity index (χ3v) is 5.52. The van der Waals surface area contributed by atoms with Crippen LogP contribution in [0.25, 0.3) is 0 Å². The Labute approximate surface area is 130 Å². The van der Waals surface area contributed by atoms with Crippen molar-refractivity contribution in [1.82, 2.24) is 4.98 Å². The number of rotatable bonds is 4. The van der Waals surface area contributed by atoms with E-state index in [1.807, 2.05) is 6.92 Å². The normalized spacial score (nSPS) is 11.6. The summed E-state index contributed by atoms with van der Waals surface area (Å²) in [6.45, 7) is 1.43. The van der Waals surface area contributed by atoms with Crippen molar-refractivity contribution >= 4 is 49.7 Å². The summed E-state index contributed by atoms with van der Waals surface area (Å²) in [6, 6.07) is 2.53. The molecule has 0 saturated carbocycles. The maximum Gasteiger partial charge on any atom is 0.265 e. The Morgan fingerprint density at radius 1 is 1.35 bits per heavy atom. The summed E-state index contributed by atoms with van der Waals surface area (Å²) in [7, 11) is -3.88. The first-order chi connectivity index (χ1) is 9.33. The molecule has 2 rings (SSSR count). The molecule has 0 bridgehead atoms. The molecule has 20 heavy (non-hydrogen) atoms. The summed E-state index contributed by atoms with van der Waals surface area (Å²) in [5.74, 6) is 0. The van der Waals surface area contributed by atoms with Crippen molar-refractivity contribution in [2.45, 2.75) is 18.4 Å². The van der Waals surface area contributed by atoms with Gasteiger partial charge in [-0.1, -0.05) is 23.2 Å².